The van der Waals surface area contributed by atoms with Gasteiger partial charge in [-0.15, -0.1) is 5.10 Å². The summed E-state index contributed by atoms with van der Waals surface area (Å²) in [4.78, 5) is 14.3. The molecule has 0 unspecified atom stereocenters. The molecule has 4 rings (SSSR count). The zero-order valence-electron chi connectivity index (χ0n) is 16.1. The van der Waals surface area contributed by atoms with E-state index in [2.05, 4.69) is 20.4 Å². The van der Waals surface area contributed by atoms with Crippen molar-refractivity contribution in [1.29, 1.82) is 0 Å². The van der Waals surface area contributed by atoms with Crippen LogP contribution in [0.25, 0.3) is 5.69 Å². The molecule has 0 aliphatic carbocycles. The molecule has 1 aliphatic heterocycles. The van der Waals surface area contributed by atoms with Crippen molar-refractivity contribution in [3.8, 4) is 11.7 Å². The predicted molar refractivity (Wildman–Crippen MR) is 110 cm³/mol. The summed E-state index contributed by atoms with van der Waals surface area (Å²) in [6.07, 6.45) is 1.57. The van der Waals surface area contributed by atoms with Crippen LogP contribution >= 0.6 is 11.6 Å². The van der Waals surface area contributed by atoms with Crippen LogP contribution in [0.15, 0.2) is 65.2 Å². The second-order valence-electron chi connectivity index (χ2n) is 6.09. The lowest BCUT2D eigenvalue weighted by Crippen LogP contribution is -2.26. The minimum Gasteiger partial charge on any atom is -0.470 e. The maximum Gasteiger partial charge on any atom is 0.336 e. The Bertz CT molecular complexity index is 1070. The molecule has 0 atom stereocenters. The van der Waals surface area contributed by atoms with Gasteiger partial charge in [-0.3, -0.25) is 0 Å². The first-order valence-corrected chi connectivity index (χ1v) is 9.45. The van der Waals surface area contributed by atoms with Gasteiger partial charge in [-0.25, -0.2) is 4.68 Å². The molecule has 0 N–H and O–H groups in total. The molecule has 0 radical (unpaired) electrons. The molecule has 0 bridgehead atoms. The van der Waals surface area contributed by atoms with E-state index < -0.39 is 0 Å². The highest BCUT2D eigenvalue weighted by molar-refractivity contribution is 6.45. The minimum absolute atomic E-state index is 0.206. The summed E-state index contributed by atoms with van der Waals surface area (Å²) < 4.78 is 13.0. The molecule has 1 aliphatic rings. The van der Waals surface area contributed by atoms with Crippen molar-refractivity contribution in [2.75, 3.05) is 20.3 Å². The van der Waals surface area contributed by atoms with Crippen molar-refractivity contribution in [1.82, 2.24) is 14.8 Å². The summed E-state index contributed by atoms with van der Waals surface area (Å²) in [5.41, 5.74) is 2.80. The zero-order chi connectivity index (χ0) is 20.8. The van der Waals surface area contributed by atoms with Crippen LogP contribution in [0.1, 0.15) is 11.1 Å². The monoisotopic (exact) mass is 427 g/mol. The van der Waals surface area contributed by atoms with Crippen molar-refractivity contribution in [2.45, 2.75) is 6.61 Å². The van der Waals surface area contributed by atoms with Gasteiger partial charge in [-0.2, -0.15) is 4.98 Å². The molecule has 0 fully saturated rings. The number of hydrogen-bond acceptors (Lipinski definition) is 8. The summed E-state index contributed by atoms with van der Waals surface area (Å²) in [5.74, 6) is 0.251. The van der Waals surface area contributed by atoms with E-state index in [0.29, 0.717) is 23.9 Å². The largest absolute Gasteiger partial charge is 0.470 e. The highest BCUT2D eigenvalue weighted by Gasteiger charge is 2.21. The third-order valence-electron chi connectivity index (χ3n) is 4.14. The molecule has 2 heterocycles. The molecule has 0 amide bonds. The average molecular weight is 428 g/mol. The van der Waals surface area contributed by atoms with Crippen molar-refractivity contribution >= 4 is 23.2 Å². The fourth-order valence-corrected chi connectivity index (χ4v) is 2.89. The summed E-state index contributed by atoms with van der Waals surface area (Å²) in [6.45, 7) is 0.973. The van der Waals surface area contributed by atoms with E-state index in [4.69, 9.17) is 30.7 Å². The molecule has 0 saturated carbocycles. The number of aromatic nitrogens is 3. The molecule has 0 spiro atoms. The molecule has 154 valence electrons. The lowest BCUT2D eigenvalue weighted by Gasteiger charge is -2.16. The van der Waals surface area contributed by atoms with Gasteiger partial charge in [0.1, 0.15) is 26.7 Å². The first-order chi connectivity index (χ1) is 14.7. The zero-order valence-corrected chi connectivity index (χ0v) is 16.8. The highest BCUT2D eigenvalue weighted by Crippen LogP contribution is 2.17. The van der Waals surface area contributed by atoms with Crippen LogP contribution in [0.5, 0.6) is 6.01 Å². The predicted octanol–water partition coefficient (Wildman–Crippen LogP) is 3.21. The molecule has 30 heavy (non-hydrogen) atoms. The fraction of sp³-hybridized carbons (Fsp3) is 0.200. The number of oxime groups is 2. The molecule has 1 aromatic heterocycles. The van der Waals surface area contributed by atoms with Gasteiger partial charge in [0.25, 0.3) is 5.90 Å². The van der Waals surface area contributed by atoms with E-state index in [9.17, 15) is 0 Å². The van der Waals surface area contributed by atoms with Crippen LogP contribution in [0.2, 0.25) is 5.02 Å². The van der Waals surface area contributed by atoms with E-state index in [1.807, 2.05) is 36.4 Å². The van der Waals surface area contributed by atoms with E-state index in [1.165, 1.54) is 7.11 Å². The molecule has 2 aromatic carbocycles. The highest BCUT2D eigenvalue weighted by atomic mass is 35.5. The number of halogens is 1. The van der Waals surface area contributed by atoms with Gasteiger partial charge in [0, 0.05) is 10.6 Å². The second kappa shape index (κ2) is 9.27. The Morgan fingerprint density at radius 3 is 2.77 bits per heavy atom. The molecule has 10 heteroatoms. The Hall–Kier alpha value is -3.59. The third kappa shape index (κ3) is 4.52. The van der Waals surface area contributed by atoms with Crippen LogP contribution < -0.4 is 4.74 Å². The maximum absolute atomic E-state index is 5.93. The summed E-state index contributed by atoms with van der Waals surface area (Å²) in [5, 5.41) is 13.0. The van der Waals surface area contributed by atoms with Gasteiger partial charge in [-0.1, -0.05) is 41.0 Å². The van der Waals surface area contributed by atoms with Gasteiger partial charge in [0.2, 0.25) is 0 Å². The Morgan fingerprint density at radius 1 is 1.17 bits per heavy atom. The smallest absolute Gasteiger partial charge is 0.336 e. The standard InChI is InChI=1S/C20H18ClN5O4/c1-27-24-18(19-25-30-11-10-28-19)17-5-3-2-4-14(17)12-29-20-22-13-26(23-20)16-8-6-15(21)7-9-16/h2-9,13H,10-12H2,1H3/b24-18-. The van der Waals surface area contributed by atoms with Crippen LogP contribution in [0.4, 0.5) is 0 Å². The van der Waals surface area contributed by atoms with Gasteiger partial charge in [0.05, 0.1) is 5.69 Å². The van der Waals surface area contributed by atoms with E-state index >= 15 is 0 Å². The molecule has 0 saturated heterocycles. The average Bonchev–Trinajstić information content (AvgIpc) is 3.26. The molecular formula is C20H18ClN5O4. The third-order valence-corrected chi connectivity index (χ3v) is 4.39. The van der Waals surface area contributed by atoms with Crippen molar-refractivity contribution < 1.29 is 19.1 Å². The van der Waals surface area contributed by atoms with Crippen molar-refractivity contribution in [3.63, 3.8) is 0 Å². The van der Waals surface area contributed by atoms with Gasteiger partial charge < -0.3 is 19.1 Å². The Balaban J connectivity index is 1.53. The lowest BCUT2D eigenvalue weighted by molar-refractivity contribution is 0.0672. The normalized spacial score (nSPS) is 13.8. The van der Waals surface area contributed by atoms with Gasteiger partial charge in [0.15, 0.2) is 12.3 Å². The van der Waals surface area contributed by atoms with Crippen LogP contribution in [-0.2, 0) is 21.0 Å². The Labute approximate surface area is 177 Å². The molecule has 9 nitrogen and oxygen atoms in total. The van der Waals surface area contributed by atoms with Crippen LogP contribution in [0.3, 0.4) is 0 Å². The second-order valence-corrected chi connectivity index (χ2v) is 6.53. The minimum atomic E-state index is 0.206. The molecular weight excluding hydrogens is 410 g/mol. The van der Waals surface area contributed by atoms with Gasteiger partial charge >= 0.3 is 6.01 Å². The quantitative estimate of drug-likeness (QED) is 0.424. The Kier molecular flexibility index (Phi) is 6.09. The lowest BCUT2D eigenvalue weighted by atomic mass is 10.0. The number of benzene rings is 2. The summed E-state index contributed by atoms with van der Waals surface area (Å²) in [6, 6.07) is 15.0. The SMILES string of the molecule is CO/N=C(\C1=NOCCO1)c1ccccc1COc1ncn(-c2ccc(Cl)cc2)n1. The first-order valence-electron chi connectivity index (χ1n) is 9.07. The van der Waals surface area contributed by atoms with Crippen molar-refractivity contribution in [3.05, 3.63) is 71.0 Å². The fourth-order valence-electron chi connectivity index (χ4n) is 2.76. The van der Waals surface area contributed by atoms with E-state index in [-0.39, 0.29) is 18.5 Å². The maximum atomic E-state index is 5.93. The number of rotatable bonds is 7. The first kappa shape index (κ1) is 19.7. The van der Waals surface area contributed by atoms with Crippen LogP contribution in [0, 0.1) is 0 Å². The van der Waals surface area contributed by atoms with E-state index in [0.717, 1.165) is 16.8 Å². The summed E-state index contributed by atoms with van der Waals surface area (Å²) >= 11 is 5.93. The van der Waals surface area contributed by atoms with Crippen LogP contribution in [-0.4, -0.2) is 46.7 Å². The Morgan fingerprint density at radius 2 is 2.00 bits per heavy atom. The van der Waals surface area contributed by atoms with E-state index in [1.54, 1.807) is 23.1 Å². The van der Waals surface area contributed by atoms with Crippen molar-refractivity contribution in [2.24, 2.45) is 10.3 Å². The summed E-state index contributed by atoms with van der Waals surface area (Å²) in [7, 11) is 1.46. The van der Waals surface area contributed by atoms with Gasteiger partial charge in [-0.05, 0) is 35.0 Å². The molecule has 3 aromatic rings. The topological polar surface area (TPSA) is 92.4 Å². The number of nitrogens with zero attached hydrogens (tertiary/aromatic N) is 5. The number of hydrogen-bond donors (Lipinski definition) is 0. The number of ether oxygens (including phenoxy) is 2.